The Morgan fingerprint density at radius 2 is 0.740 bits per heavy atom. The van der Waals surface area contributed by atoms with Crippen LogP contribution in [0.15, 0.2) is 48.6 Å². The van der Waals surface area contributed by atoms with E-state index < -0.39 is 26.5 Å². The molecule has 10 heteroatoms. The van der Waals surface area contributed by atoms with Crippen molar-refractivity contribution >= 4 is 19.8 Å². The van der Waals surface area contributed by atoms with Gasteiger partial charge in [-0.1, -0.05) is 300 Å². The number of hydrogen-bond donors (Lipinski definition) is 0. The molecule has 0 radical (unpaired) electrons. The Hall–Kier alpha value is -2.03. The highest BCUT2D eigenvalue weighted by Crippen LogP contribution is 2.38. The summed E-state index contributed by atoms with van der Waals surface area (Å²) in [5.41, 5.74) is 0. The molecule has 0 aliphatic rings. The van der Waals surface area contributed by atoms with E-state index in [1.165, 1.54) is 225 Å². The van der Waals surface area contributed by atoms with Crippen molar-refractivity contribution in [1.29, 1.82) is 0 Å². The Morgan fingerprint density at radius 1 is 0.416 bits per heavy atom. The number of unbranched alkanes of at least 4 members (excludes halogenated alkanes) is 39. The lowest BCUT2D eigenvalue weighted by atomic mass is 10.0. The van der Waals surface area contributed by atoms with Crippen LogP contribution in [0.3, 0.4) is 0 Å². The van der Waals surface area contributed by atoms with Gasteiger partial charge in [-0.2, -0.15) is 0 Å². The summed E-state index contributed by atoms with van der Waals surface area (Å²) in [5.74, 6) is -0.815. The monoisotopic (exact) mass is 1100 g/mol. The summed E-state index contributed by atoms with van der Waals surface area (Å²) < 4.78 is 34.2. The van der Waals surface area contributed by atoms with Crippen LogP contribution in [-0.2, 0) is 32.7 Å². The number of hydrogen-bond acceptors (Lipinski definition) is 8. The van der Waals surface area contributed by atoms with Crippen LogP contribution in [0.4, 0.5) is 0 Å². The molecule has 0 amide bonds. The lowest BCUT2D eigenvalue weighted by Gasteiger charge is -2.28. The van der Waals surface area contributed by atoms with Crippen LogP contribution in [0.2, 0.25) is 0 Å². The lowest BCUT2D eigenvalue weighted by molar-refractivity contribution is -0.870. The highest BCUT2D eigenvalue weighted by molar-refractivity contribution is 7.45. The summed E-state index contributed by atoms with van der Waals surface area (Å²) in [5, 5.41) is 0. The molecular weight excluding hydrogens is 978 g/mol. The van der Waals surface area contributed by atoms with E-state index >= 15 is 0 Å². The van der Waals surface area contributed by atoms with E-state index in [1.54, 1.807) is 0 Å². The zero-order valence-electron chi connectivity index (χ0n) is 51.4. The Kier molecular flexibility index (Phi) is 57.1. The molecule has 0 aromatic heterocycles. The summed E-state index contributed by atoms with van der Waals surface area (Å²) in [4.78, 5) is 37.9. The number of ether oxygens (including phenoxy) is 2. The number of phosphoric ester groups is 1. The van der Waals surface area contributed by atoms with Gasteiger partial charge in [-0.15, -0.1) is 0 Å². The molecule has 0 N–H and O–H groups in total. The Labute approximate surface area is 477 Å². The van der Waals surface area contributed by atoms with Crippen LogP contribution in [0.1, 0.15) is 316 Å². The predicted molar refractivity (Wildman–Crippen MR) is 328 cm³/mol. The molecule has 2 unspecified atom stereocenters. The molecule has 0 aromatic rings. The molecule has 0 fully saturated rings. The number of rotatable bonds is 61. The summed E-state index contributed by atoms with van der Waals surface area (Å²) in [6.07, 6.45) is 74.9. The third-order valence-corrected chi connectivity index (χ3v) is 15.6. The molecule has 77 heavy (non-hydrogen) atoms. The number of allylic oxidation sites excluding steroid dienone is 8. The molecule has 0 aliphatic carbocycles. The molecule has 0 saturated heterocycles. The highest BCUT2D eigenvalue weighted by Gasteiger charge is 2.22. The molecular formula is C67H126NO8P. The van der Waals surface area contributed by atoms with Crippen molar-refractivity contribution < 1.29 is 42.1 Å². The SMILES string of the molecule is CC/C=C\C/C=C\C/C=C\C/C=C\CCCCCCCCCCCCCCCCCCCCCCCCCCCCC(=O)OC(COC(=O)CCCCCCCCCCCCCCCC)COP(=O)([O-])OCC[N+](C)(C)C. The van der Waals surface area contributed by atoms with Crippen molar-refractivity contribution in [2.45, 2.75) is 322 Å². The molecule has 452 valence electrons. The second-order valence-electron chi connectivity index (χ2n) is 23.5. The first-order valence-electron chi connectivity index (χ1n) is 32.8. The molecule has 0 aliphatic heterocycles. The third-order valence-electron chi connectivity index (χ3n) is 14.6. The summed E-state index contributed by atoms with van der Waals surface area (Å²) >= 11 is 0. The van der Waals surface area contributed by atoms with Gasteiger partial charge < -0.3 is 27.9 Å². The minimum absolute atomic E-state index is 0.0274. The average molecular weight is 1100 g/mol. The van der Waals surface area contributed by atoms with Gasteiger partial charge in [0.25, 0.3) is 7.82 Å². The fraction of sp³-hybridized carbons (Fsp3) is 0.851. The van der Waals surface area contributed by atoms with Gasteiger partial charge >= 0.3 is 11.9 Å². The van der Waals surface area contributed by atoms with Crippen molar-refractivity contribution in [1.82, 2.24) is 0 Å². The second-order valence-corrected chi connectivity index (χ2v) is 24.9. The van der Waals surface area contributed by atoms with E-state index in [9.17, 15) is 19.0 Å². The van der Waals surface area contributed by atoms with Crippen molar-refractivity contribution in [3.05, 3.63) is 48.6 Å². The van der Waals surface area contributed by atoms with E-state index in [4.69, 9.17) is 18.5 Å². The topological polar surface area (TPSA) is 111 Å². The number of carbonyl (C=O) groups excluding carboxylic acids is 2. The Morgan fingerprint density at radius 3 is 1.10 bits per heavy atom. The van der Waals surface area contributed by atoms with Gasteiger partial charge in [0.1, 0.15) is 19.8 Å². The maximum atomic E-state index is 12.8. The van der Waals surface area contributed by atoms with E-state index in [0.717, 1.165) is 57.8 Å². The van der Waals surface area contributed by atoms with E-state index in [1.807, 2.05) is 21.1 Å². The Bertz CT molecular complexity index is 1440. The largest absolute Gasteiger partial charge is 0.756 e. The maximum Gasteiger partial charge on any atom is 0.306 e. The van der Waals surface area contributed by atoms with Gasteiger partial charge in [-0.25, -0.2) is 0 Å². The maximum absolute atomic E-state index is 12.8. The Balaban J connectivity index is 3.87. The van der Waals surface area contributed by atoms with Crippen molar-refractivity contribution in [3.63, 3.8) is 0 Å². The standard InChI is InChI=1S/C67H126NO8P/c1-6-8-10-12-14-16-18-20-22-23-24-25-26-27-28-29-30-31-32-33-34-35-36-37-38-39-40-41-42-43-44-45-46-48-50-52-54-56-58-60-67(70)76-65(64-75-77(71,72)74-62-61-68(3,4)5)63-73-66(69)59-57-55-53-51-49-47-21-19-17-15-13-11-9-7-2/h8,10,14,16,20,22,24-25,65H,6-7,9,11-13,15,17-19,21,23,26-64H2,1-5H3/b10-8-,16-14-,22-20-,25-24-. The zero-order valence-corrected chi connectivity index (χ0v) is 52.3. The van der Waals surface area contributed by atoms with Crippen LogP contribution in [0.25, 0.3) is 0 Å². The molecule has 0 saturated carbocycles. The lowest BCUT2D eigenvalue weighted by Crippen LogP contribution is -2.37. The summed E-state index contributed by atoms with van der Waals surface area (Å²) in [6.45, 7) is 4.17. The molecule has 0 aromatic carbocycles. The van der Waals surface area contributed by atoms with Crippen LogP contribution < -0.4 is 4.89 Å². The van der Waals surface area contributed by atoms with Crippen LogP contribution in [0.5, 0.6) is 0 Å². The number of likely N-dealkylation sites (N-methyl/N-ethyl adjacent to an activating group) is 1. The molecule has 2 atom stereocenters. The van der Waals surface area contributed by atoms with Gasteiger partial charge in [-0.05, 0) is 51.4 Å². The van der Waals surface area contributed by atoms with Gasteiger partial charge in [0, 0.05) is 12.8 Å². The van der Waals surface area contributed by atoms with E-state index in [0.29, 0.717) is 17.4 Å². The average Bonchev–Trinajstić information content (AvgIpc) is 3.39. The van der Waals surface area contributed by atoms with E-state index in [-0.39, 0.29) is 32.0 Å². The van der Waals surface area contributed by atoms with Crippen molar-refractivity contribution in [2.24, 2.45) is 0 Å². The molecule has 0 heterocycles. The van der Waals surface area contributed by atoms with Gasteiger partial charge in [-0.3, -0.25) is 14.2 Å². The van der Waals surface area contributed by atoms with Gasteiger partial charge in [0.15, 0.2) is 6.10 Å². The zero-order chi connectivity index (χ0) is 56.3. The normalized spacial score (nSPS) is 13.5. The fourth-order valence-corrected chi connectivity index (χ4v) is 10.3. The third kappa shape index (κ3) is 63.0. The first-order valence-corrected chi connectivity index (χ1v) is 34.3. The summed E-state index contributed by atoms with van der Waals surface area (Å²) in [6, 6.07) is 0. The number of phosphoric acid groups is 1. The highest BCUT2D eigenvalue weighted by atomic mass is 31.2. The van der Waals surface area contributed by atoms with Gasteiger partial charge in [0.2, 0.25) is 0 Å². The quantitative estimate of drug-likeness (QED) is 0.0195. The van der Waals surface area contributed by atoms with Crippen LogP contribution in [-0.4, -0.2) is 70.0 Å². The smallest absolute Gasteiger partial charge is 0.306 e. The fourth-order valence-electron chi connectivity index (χ4n) is 9.59. The minimum Gasteiger partial charge on any atom is -0.756 e. The molecule has 0 rings (SSSR count). The minimum atomic E-state index is -4.63. The van der Waals surface area contributed by atoms with E-state index in [2.05, 4.69) is 62.5 Å². The van der Waals surface area contributed by atoms with Crippen molar-refractivity contribution in [3.8, 4) is 0 Å². The summed E-state index contributed by atoms with van der Waals surface area (Å²) in [7, 11) is 1.18. The van der Waals surface area contributed by atoms with Crippen LogP contribution in [0, 0.1) is 0 Å². The number of nitrogens with zero attached hydrogens (tertiary/aromatic N) is 1. The van der Waals surface area contributed by atoms with Crippen molar-refractivity contribution in [2.75, 3.05) is 47.5 Å². The number of quaternary nitrogens is 1. The second kappa shape index (κ2) is 58.6. The van der Waals surface area contributed by atoms with Crippen LogP contribution >= 0.6 is 7.82 Å². The molecule has 9 nitrogen and oxygen atoms in total. The number of esters is 2. The molecule has 0 spiro atoms. The first-order chi connectivity index (χ1) is 37.5. The first kappa shape index (κ1) is 75.0. The van der Waals surface area contributed by atoms with Gasteiger partial charge in [0.05, 0.1) is 27.7 Å². The predicted octanol–water partition coefficient (Wildman–Crippen LogP) is 20.2. The number of carbonyl (C=O) groups is 2. The molecule has 0 bridgehead atoms.